The van der Waals surface area contributed by atoms with Gasteiger partial charge in [0.25, 0.3) is 0 Å². The van der Waals surface area contributed by atoms with E-state index in [1.54, 1.807) is 0 Å². The summed E-state index contributed by atoms with van der Waals surface area (Å²) < 4.78 is 0. The van der Waals surface area contributed by atoms with Gasteiger partial charge < -0.3 is 0 Å². The molecular weight excluding hydrogens is 196 g/mol. The van der Waals surface area contributed by atoms with Gasteiger partial charge in [0, 0.05) is 0 Å². The van der Waals surface area contributed by atoms with Crippen LogP contribution in [-0.2, 0) is 0 Å². The van der Waals surface area contributed by atoms with Crippen LogP contribution >= 0.6 is 0 Å². The molecule has 2 atom stereocenters. The molecule has 2 aromatic carbocycles. The van der Waals surface area contributed by atoms with Gasteiger partial charge in [-0.3, -0.25) is 0 Å². The van der Waals surface area contributed by atoms with E-state index in [0.717, 1.165) is 11.1 Å². The highest BCUT2D eigenvalue weighted by Crippen LogP contribution is 2.26. The van der Waals surface area contributed by atoms with E-state index in [0.29, 0.717) is 0 Å². The van der Waals surface area contributed by atoms with E-state index >= 15 is 0 Å². The number of nitrogens with one attached hydrogen (secondary N) is 2. The molecule has 0 spiro atoms. The molecule has 0 fully saturated rings. The zero-order valence-electron chi connectivity index (χ0n) is 8.93. The summed E-state index contributed by atoms with van der Waals surface area (Å²) >= 11 is 0. The summed E-state index contributed by atoms with van der Waals surface area (Å²) in [6.45, 7) is 0. The summed E-state index contributed by atoms with van der Waals surface area (Å²) in [6, 6.07) is 18.1. The van der Waals surface area contributed by atoms with E-state index in [4.69, 9.17) is 11.5 Å². The third kappa shape index (κ3) is 2.30. The number of benzene rings is 2. The lowest BCUT2D eigenvalue weighted by Crippen LogP contribution is -2.13. The predicted octanol–water partition coefficient (Wildman–Crippen LogP) is 3.03. The van der Waals surface area contributed by atoms with Gasteiger partial charge in [-0.05, 0) is 11.1 Å². The quantitative estimate of drug-likeness (QED) is 0.747. The van der Waals surface area contributed by atoms with Gasteiger partial charge >= 0.3 is 0 Å². The van der Waals surface area contributed by atoms with Crippen molar-refractivity contribution in [3.05, 3.63) is 71.8 Å². The van der Waals surface area contributed by atoms with E-state index in [9.17, 15) is 0 Å². The second kappa shape index (κ2) is 4.92. The largest absolute Gasteiger partial charge is 0.248 e. The van der Waals surface area contributed by atoms with Gasteiger partial charge in [0.1, 0.15) is 0 Å². The van der Waals surface area contributed by atoms with Crippen LogP contribution in [0.3, 0.4) is 0 Å². The second-order valence-electron chi connectivity index (χ2n) is 3.78. The molecule has 0 aliphatic heterocycles. The van der Waals surface area contributed by atoms with E-state index in [-0.39, 0.29) is 0 Å². The van der Waals surface area contributed by atoms with Crippen molar-refractivity contribution in [1.82, 2.24) is 11.5 Å². The highest BCUT2D eigenvalue weighted by molar-refractivity contribution is 5.26. The summed E-state index contributed by atoms with van der Waals surface area (Å²) in [4.78, 5) is 0. The maximum Gasteiger partial charge on any atom is 0.0670 e. The summed E-state index contributed by atoms with van der Waals surface area (Å²) in [5.74, 6) is 0. The fraction of sp³-hybridized carbons (Fsp3) is 0.143. The molecule has 2 N–H and O–H groups in total. The summed E-state index contributed by atoms with van der Waals surface area (Å²) in [7, 11) is 0. The average molecular weight is 210 g/mol. The monoisotopic (exact) mass is 210 g/mol. The number of hydrogen-bond acceptors (Lipinski definition) is 0. The van der Waals surface area contributed by atoms with Crippen molar-refractivity contribution in [3.63, 3.8) is 0 Å². The molecular formula is C14H14N2. The van der Waals surface area contributed by atoms with Crippen LogP contribution in [0.5, 0.6) is 0 Å². The van der Waals surface area contributed by atoms with Crippen LogP contribution in [0.2, 0.25) is 0 Å². The second-order valence-corrected chi connectivity index (χ2v) is 3.78. The van der Waals surface area contributed by atoms with E-state index < -0.39 is 12.1 Å². The molecule has 0 aliphatic carbocycles. The van der Waals surface area contributed by atoms with Gasteiger partial charge in [-0.2, -0.15) is 0 Å². The van der Waals surface area contributed by atoms with Crippen molar-refractivity contribution >= 4 is 0 Å². The van der Waals surface area contributed by atoms with Gasteiger partial charge in [-0.1, -0.05) is 60.7 Å². The van der Waals surface area contributed by atoms with Gasteiger partial charge in [0.15, 0.2) is 0 Å². The standard InChI is InChI=1S/C14H14N2/c15-13(11-7-3-1-4-8-11)14(16)12-9-5-2-6-10-12/h1-10,13-16H. The Bertz CT molecular complexity index is 382. The Labute approximate surface area is 95.9 Å². The lowest BCUT2D eigenvalue weighted by Gasteiger charge is -2.18. The molecule has 2 nitrogen and oxygen atoms in total. The van der Waals surface area contributed by atoms with Crippen molar-refractivity contribution in [2.75, 3.05) is 0 Å². The summed E-state index contributed by atoms with van der Waals surface area (Å²) in [6.07, 6.45) is 0. The van der Waals surface area contributed by atoms with Gasteiger partial charge in [-0.25, -0.2) is 11.5 Å². The Kier molecular flexibility index (Phi) is 3.34. The summed E-state index contributed by atoms with van der Waals surface area (Å²) in [5.41, 5.74) is 17.9. The minimum absolute atomic E-state index is 0.524. The fourth-order valence-corrected chi connectivity index (χ4v) is 1.71. The summed E-state index contributed by atoms with van der Waals surface area (Å²) in [5, 5.41) is 0. The maximum absolute atomic E-state index is 8.07. The minimum Gasteiger partial charge on any atom is -0.248 e. The van der Waals surface area contributed by atoms with Gasteiger partial charge in [0.2, 0.25) is 0 Å². The number of rotatable bonds is 3. The first-order valence-electron chi connectivity index (χ1n) is 5.31. The molecule has 0 saturated carbocycles. The first kappa shape index (κ1) is 10.9. The maximum atomic E-state index is 8.07. The topological polar surface area (TPSA) is 47.6 Å². The smallest absolute Gasteiger partial charge is 0.0670 e. The zero-order valence-corrected chi connectivity index (χ0v) is 8.93. The average Bonchev–Trinajstić information content (AvgIpc) is 2.39. The number of hydrogen-bond donors (Lipinski definition) is 0. The predicted molar refractivity (Wildman–Crippen MR) is 64.6 cm³/mol. The van der Waals surface area contributed by atoms with Crippen molar-refractivity contribution < 1.29 is 0 Å². The van der Waals surface area contributed by atoms with E-state index in [2.05, 4.69) is 0 Å². The Morgan fingerprint density at radius 3 is 1.19 bits per heavy atom. The molecule has 2 rings (SSSR count). The molecule has 2 radical (unpaired) electrons. The van der Waals surface area contributed by atoms with Crippen LogP contribution < -0.4 is 11.5 Å². The van der Waals surface area contributed by atoms with Crippen LogP contribution in [0.4, 0.5) is 0 Å². The van der Waals surface area contributed by atoms with Gasteiger partial charge in [0.05, 0.1) is 12.1 Å². The van der Waals surface area contributed by atoms with Crippen LogP contribution in [0.15, 0.2) is 60.7 Å². The molecule has 2 aromatic rings. The van der Waals surface area contributed by atoms with Crippen molar-refractivity contribution in [1.29, 1.82) is 0 Å². The molecule has 0 bridgehead atoms. The van der Waals surface area contributed by atoms with Crippen molar-refractivity contribution in [3.8, 4) is 0 Å². The Morgan fingerprint density at radius 1 is 0.562 bits per heavy atom. The highest BCUT2D eigenvalue weighted by atomic mass is 14.8. The van der Waals surface area contributed by atoms with Crippen LogP contribution in [0.1, 0.15) is 23.2 Å². The lowest BCUT2D eigenvalue weighted by molar-refractivity contribution is 0.544. The molecule has 2 heteroatoms. The molecule has 0 saturated heterocycles. The van der Waals surface area contributed by atoms with Crippen LogP contribution in [0, 0.1) is 0 Å². The normalized spacial score (nSPS) is 14.4. The molecule has 80 valence electrons. The highest BCUT2D eigenvalue weighted by Gasteiger charge is 2.17. The Morgan fingerprint density at radius 2 is 0.875 bits per heavy atom. The molecule has 0 amide bonds. The van der Waals surface area contributed by atoms with Crippen molar-refractivity contribution in [2.45, 2.75) is 12.1 Å². The molecule has 0 heterocycles. The SMILES string of the molecule is [NH]C(c1ccccc1)C([NH])c1ccccc1. The van der Waals surface area contributed by atoms with E-state index in [1.165, 1.54) is 0 Å². The Balaban J connectivity index is 2.20. The molecule has 2 unspecified atom stereocenters. The van der Waals surface area contributed by atoms with E-state index in [1.807, 2.05) is 60.7 Å². The van der Waals surface area contributed by atoms with Crippen molar-refractivity contribution in [2.24, 2.45) is 0 Å². The first-order chi connectivity index (χ1) is 7.79. The lowest BCUT2D eigenvalue weighted by atomic mass is 9.95. The van der Waals surface area contributed by atoms with Crippen LogP contribution in [0.25, 0.3) is 0 Å². The van der Waals surface area contributed by atoms with Gasteiger partial charge in [-0.15, -0.1) is 0 Å². The fourth-order valence-electron chi connectivity index (χ4n) is 1.71. The van der Waals surface area contributed by atoms with Crippen LogP contribution in [-0.4, -0.2) is 0 Å². The first-order valence-corrected chi connectivity index (χ1v) is 5.31. The third-order valence-corrected chi connectivity index (χ3v) is 2.65. The molecule has 0 aromatic heterocycles. The third-order valence-electron chi connectivity index (χ3n) is 2.65. The molecule has 16 heavy (non-hydrogen) atoms. The molecule has 0 aliphatic rings. The minimum atomic E-state index is -0.524. The Hall–Kier alpha value is -1.64. The zero-order chi connectivity index (χ0) is 11.4.